The van der Waals surface area contributed by atoms with Crippen LogP contribution in [-0.2, 0) is 0 Å². The second kappa shape index (κ2) is 7.92. The Morgan fingerprint density at radius 3 is 2.77 bits per heavy atom. The number of aromatic nitrogens is 2. The number of amides is 1. The van der Waals surface area contributed by atoms with E-state index in [0.29, 0.717) is 31.2 Å². The molecule has 1 aromatic rings. The summed E-state index contributed by atoms with van der Waals surface area (Å²) in [6.07, 6.45) is 1.09. The van der Waals surface area contributed by atoms with E-state index in [0.717, 1.165) is 38.3 Å². The third kappa shape index (κ3) is 3.78. The van der Waals surface area contributed by atoms with E-state index in [-0.39, 0.29) is 24.9 Å². The van der Waals surface area contributed by atoms with E-state index in [1.165, 1.54) is 0 Å². The number of rotatable bonds is 4. The molecule has 0 saturated carbocycles. The lowest BCUT2D eigenvalue weighted by atomic mass is 10.0. The fraction of sp³-hybridized carbons (Fsp3) is 0.714. The molecule has 0 radical (unpaired) electrons. The van der Waals surface area contributed by atoms with Crippen molar-refractivity contribution < 1.29 is 9.90 Å². The largest absolute Gasteiger partial charge is 0.395 e. The van der Waals surface area contributed by atoms with Crippen LogP contribution in [0.2, 0.25) is 0 Å². The minimum atomic E-state index is 0. The minimum absolute atomic E-state index is 0. The molecule has 2 aliphatic rings. The van der Waals surface area contributed by atoms with Crippen LogP contribution in [-0.4, -0.2) is 83.4 Å². The van der Waals surface area contributed by atoms with Gasteiger partial charge in [0.2, 0.25) is 0 Å². The number of nitrogens with zero attached hydrogens (tertiary/aromatic N) is 3. The Morgan fingerprint density at radius 1 is 1.36 bits per heavy atom. The number of β-amino-alcohol motifs (C(OH)–C–C–N with tert-alkyl or cyclic N) is 1. The minimum Gasteiger partial charge on any atom is -0.395 e. The number of H-pyrrole nitrogens is 1. The van der Waals surface area contributed by atoms with E-state index in [2.05, 4.69) is 20.4 Å². The van der Waals surface area contributed by atoms with Crippen LogP contribution in [0.5, 0.6) is 0 Å². The Bertz CT molecular complexity index is 481. The highest BCUT2D eigenvalue weighted by molar-refractivity contribution is 5.92. The molecule has 3 heterocycles. The fourth-order valence-electron chi connectivity index (χ4n) is 3.05. The van der Waals surface area contributed by atoms with Crippen molar-refractivity contribution in [3.8, 4) is 0 Å². The first-order chi connectivity index (χ1) is 10.3. The molecule has 0 spiro atoms. The highest BCUT2D eigenvalue weighted by Crippen LogP contribution is 2.21. The van der Waals surface area contributed by atoms with Crippen molar-refractivity contribution in [2.45, 2.75) is 12.3 Å². The summed E-state index contributed by atoms with van der Waals surface area (Å²) in [7, 11) is 0. The molecule has 1 amide bonds. The van der Waals surface area contributed by atoms with Gasteiger partial charge in [0.05, 0.1) is 6.61 Å². The summed E-state index contributed by atoms with van der Waals surface area (Å²) in [5.74, 6) is 0.451. The topological polar surface area (TPSA) is 84.5 Å². The van der Waals surface area contributed by atoms with Crippen molar-refractivity contribution >= 4 is 18.3 Å². The van der Waals surface area contributed by atoms with Gasteiger partial charge >= 0.3 is 0 Å². The summed E-state index contributed by atoms with van der Waals surface area (Å²) >= 11 is 0. The molecule has 3 N–H and O–H groups in total. The molecule has 1 atom stereocenters. The molecule has 1 aromatic heterocycles. The summed E-state index contributed by atoms with van der Waals surface area (Å²) in [5.41, 5.74) is 1.58. The standard InChI is InChI=1S/C14H23N5O2.ClH/c20-8-7-18-3-5-19(6-4-18)14(21)13-9-12(16-17-13)11-1-2-15-10-11;/h9,11,15,20H,1-8,10H2,(H,16,17);1H. The molecule has 2 saturated heterocycles. The quantitative estimate of drug-likeness (QED) is 0.704. The number of halogens is 1. The molecule has 3 rings (SSSR count). The zero-order valence-corrected chi connectivity index (χ0v) is 13.4. The van der Waals surface area contributed by atoms with Crippen LogP contribution in [0.4, 0.5) is 0 Å². The molecule has 0 aliphatic carbocycles. The van der Waals surface area contributed by atoms with Crippen LogP contribution >= 0.6 is 12.4 Å². The van der Waals surface area contributed by atoms with Gasteiger partial charge in [0, 0.05) is 50.9 Å². The number of hydrogen-bond acceptors (Lipinski definition) is 5. The Morgan fingerprint density at radius 2 is 2.14 bits per heavy atom. The SMILES string of the molecule is Cl.O=C(c1cc(C2CCNC2)[nH]n1)N1CCN(CCO)CC1. The highest BCUT2D eigenvalue weighted by atomic mass is 35.5. The maximum absolute atomic E-state index is 12.5. The zero-order chi connectivity index (χ0) is 14.7. The maximum atomic E-state index is 12.5. The van der Waals surface area contributed by atoms with E-state index < -0.39 is 0 Å². The number of hydrogen-bond donors (Lipinski definition) is 3. The van der Waals surface area contributed by atoms with Gasteiger partial charge in [0.15, 0.2) is 0 Å². The number of nitrogens with one attached hydrogen (secondary N) is 2. The lowest BCUT2D eigenvalue weighted by molar-refractivity contribution is 0.0609. The van der Waals surface area contributed by atoms with E-state index in [1.54, 1.807) is 0 Å². The van der Waals surface area contributed by atoms with Crippen molar-refractivity contribution in [3.05, 3.63) is 17.5 Å². The predicted octanol–water partition coefficient (Wildman–Crippen LogP) is -0.341. The van der Waals surface area contributed by atoms with Crippen molar-refractivity contribution in [1.82, 2.24) is 25.3 Å². The summed E-state index contributed by atoms with van der Waals surface area (Å²) in [4.78, 5) is 16.5. The van der Waals surface area contributed by atoms with Gasteiger partial charge in [-0.1, -0.05) is 0 Å². The average molecular weight is 330 g/mol. The second-order valence-electron chi connectivity index (χ2n) is 5.76. The van der Waals surface area contributed by atoms with Gasteiger partial charge in [-0.05, 0) is 19.0 Å². The van der Waals surface area contributed by atoms with Gasteiger partial charge in [-0.2, -0.15) is 5.10 Å². The van der Waals surface area contributed by atoms with Crippen LogP contribution in [0.25, 0.3) is 0 Å². The van der Waals surface area contributed by atoms with Gasteiger partial charge in [0.25, 0.3) is 5.91 Å². The van der Waals surface area contributed by atoms with Crippen LogP contribution in [0.15, 0.2) is 6.07 Å². The number of aliphatic hydroxyl groups is 1. The molecular formula is C14H24ClN5O2. The van der Waals surface area contributed by atoms with Gasteiger partial charge in [-0.15, -0.1) is 12.4 Å². The smallest absolute Gasteiger partial charge is 0.274 e. The van der Waals surface area contributed by atoms with Crippen molar-refractivity contribution in [2.75, 3.05) is 52.4 Å². The molecule has 2 fully saturated rings. The fourth-order valence-corrected chi connectivity index (χ4v) is 3.05. The van der Waals surface area contributed by atoms with E-state index in [4.69, 9.17) is 5.11 Å². The Labute approximate surface area is 136 Å². The molecule has 7 nitrogen and oxygen atoms in total. The van der Waals surface area contributed by atoms with Crippen LogP contribution in [0.3, 0.4) is 0 Å². The molecule has 0 bridgehead atoms. The normalized spacial score (nSPS) is 22.6. The lowest BCUT2D eigenvalue weighted by Crippen LogP contribution is -2.49. The number of aliphatic hydroxyl groups excluding tert-OH is 1. The summed E-state index contributed by atoms with van der Waals surface area (Å²) in [6.45, 7) is 5.87. The number of aromatic amines is 1. The lowest BCUT2D eigenvalue weighted by Gasteiger charge is -2.33. The number of carbonyl (C=O) groups is 1. The molecule has 124 valence electrons. The van der Waals surface area contributed by atoms with E-state index >= 15 is 0 Å². The molecule has 0 aromatic carbocycles. The van der Waals surface area contributed by atoms with Gasteiger partial charge in [-0.3, -0.25) is 14.8 Å². The first kappa shape index (κ1) is 17.2. The molecule has 1 unspecified atom stereocenters. The van der Waals surface area contributed by atoms with E-state index in [9.17, 15) is 4.79 Å². The third-order valence-electron chi connectivity index (χ3n) is 4.39. The monoisotopic (exact) mass is 329 g/mol. The number of piperazine rings is 1. The van der Waals surface area contributed by atoms with Gasteiger partial charge in [0.1, 0.15) is 5.69 Å². The molecule has 22 heavy (non-hydrogen) atoms. The third-order valence-corrected chi connectivity index (χ3v) is 4.39. The Balaban J connectivity index is 0.00000176. The Hall–Kier alpha value is -1.15. The first-order valence-corrected chi connectivity index (χ1v) is 7.66. The Kier molecular flexibility index (Phi) is 6.19. The van der Waals surface area contributed by atoms with Crippen molar-refractivity contribution in [2.24, 2.45) is 0 Å². The second-order valence-corrected chi connectivity index (χ2v) is 5.76. The zero-order valence-electron chi connectivity index (χ0n) is 12.6. The van der Waals surface area contributed by atoms with Crippen molar-refractivity contribution in [1.29, 1.82) is 0 Å². The van der Waals surface area contributed by atoms with Crippen molar-refractivity contribution in [3.63, 3.8) is 0 Å². The summed E-state index contributed by atoms with van der Waals surface area (Å²) < 4.78 is 0. The first-order valence-electron chi connectivity index (χ1n) is 7.66. The van der Waals surface area contributed by atoms with Crippen LogP contribution < -0.4 is 5.32 Å². The van der Waals surface area contributed by atoms with Gasteiger partial charge in [-0.25, -0.2) is 0 Å². The molecular weight excluding hydrogens is 306 g/mol. The average Bonchev–Trinajstić information content (AvgIpc) is 3.19. The van der Waals surface area contributed by atoms with Crippen LogP contribution in [0, 0.1) is 0 Å². The summed E-state index contributed by atoms with van der Waals surface area (Å²) in [5, 5.41) is 19.5. The number of carbonyl (C=O) groups excluding carboxylic acids is 1. The molecule has 2 aliphatic heterocycles. The van der Waals surface area contributed by atoms with E-state index in [1.807, 2.05) is 11.0 Å². The maximum Gasteiger partial charge on any atom is 0.274 e. The van der Waals surface area contributed by atoms with Gasteiger partial charge < -0.3 is 15.3 Å². The van der Waals surface area contributed by atoms with Crippen LogP contribution in [0.1, 0.15) is 28.5 Å². The summed E-state index contributed by atoms with van der Waals surface area (Å²) in [6, 6.07) is 1.90. The molecule has 8 heteroatoms. The highest BCUT2D eigenvalue weighted by Gasteiger charge is 2.25. The predicted molar refractivity (Wildman–Crippen MR) is 85.5 cm³/mol.